The van der Waals surface area contributed by atoms with Crippen LogP contribution in [0.4, 0.5) is 0 Å². The molecule has 0 saturated heterocycles. The highest BCUT2D eigenvalue weighted by Crippen LogP contribution is 2.29. The molecule has 0 N–H and O–H groups in total. The molecule has 3 aromatic carbocycles. The first-order valence-corrected chi connectivity index (χ1v) is 12.0. The number of hydrogen-bond acceptors (Lipinski definition) is 4. The Hall–Kier alpha value is -3.31. The molecule has 0 amide bonds. The van der Waals surface area contributed by atoms with E-state index in [1.165, 1.54) is 5.56 Å². The summed E-state index contributed by atoms with van der Waals surface area (Å²) in [5.41, 5.74) is 5.10. The lowest BCUT2D eigenvalue weighted by Gasteiger charge is -2.19. The lowest BCUT2D eigenvalue weighted by atomic mass is 10.0. The fourth-order valence-electron chi connectivity index (χ4n) is 4.10. The van der Waals surface area contributed by atoms with Crippen LogP contribution in [0.2, 0.25) is 5.02 Å². The van der Waals surface area contributed by atoms with Gasteiger partial charge in [-0.15, -0.1) is 0 Å². The average molecular weight is 477 g/mol. The number of carbonyl (C=O) groups is 1. The molecule has 0 aliphatic heterocycles. The summed E-state index contributed by atoms with van der Waals surface area (Å²) in [6.45, 7) is 4.20. The number of esters is 1. The van der Waals surface area contributed by atoms with Gasteiger partial charge in [-0.2, -0.15) is 0 Å². The number of aryl methyl sites for hydroxylation is 2. The molecular formula is C28H29ClN2O3. The van der Waals surface area contributed by atoms with Crippen molar-refractivity contribution in [2.24, 2.45) is 7.05 Å². The number of aromatic nitrogens is 2. The van der Waals surface area contributed by atoms with E-state index in [2.05, 4.69) is 36.7 Å². The summed E-state index contributed by atoms with van der Waals surface area (Å²) < 4.78 is 13.5. The van der Waals surface area contributed by atoms with Crippen molar-refractivity contribution in [1.29, 1.82) is 0 Å². The normalized spacial score (nSPS) is 12.0. The van der Waals surface area contributed by atoms with Gasteiger partial charge in [-0.3, -0.25) is 0 Å². The van der Waals surface area contributed by atoms with E-state index in [-0.39, 0.29) is 6.61 Å². The van der Waals surface area contributed by atoms with Crippen molar-refractivity contribution in [3.8, 4) is 5.75 Å². The van der Waals surface area contributed by atoms with Gasteiger partial charge in [0.25, 0.3) is 0 Å². The van der Waals surface area contributed by atoms with Crippen LogP contribution in [-0.4, -0.2) is 22.1 Å². The third-order valence-corrected chi connectivity index (χ3v) is 6.17. The second kappa shape index (κ2) is 10.7. The Morgan fingerprint density at radius 1 is 1.03 bits per heavy atom. The zero-order chi connectivity index (χ0) is 24.1. The summed E-state index contributed by atoms with van der Waals surface area (Å²) in [6.07, 6.45) is 1.85. The van der Waals surface area contributed by atoms with Gasteiger partial charge in [0.15, 0.2) is 0 Å². The maximum Gasteiger partial charge on any atom is 0.352 e. The third kappa shape index (κ3) is 5.10. The minimum atomic E-state index is -0.932. The molecule has 0 spiro atoms. The van der Waals surface area contributed by atoms with Crippen molar-refractivity contribution in [3.63, 3.8) is 0 Å². The number of nitrogens with zero attached hydrogens (tertiary/aromatic N) is 2. The van der Waals surface area contributed by atoms with E-state index in [0.29, 0.717) is 16.3 Å². The van der Waals surface area contributed by atoms with Gasteiger partial charge in [0.1, 0.15) is 11.6 Å². The van der Waals surface area contributed by atoms with Gasteiger partial charge < -0.3 is 14.0 Å². The van der Waals surface area contributed by atoms with Crippen LogP contribution in [-0.2, 0) is 29.4 Å². The Bertz CT molecular complexity index is 1280. The number of carbonyl (C=O) groups excluding carboxylic acids is 1. The Morgan fingerprint density at radius 3 is 2.50 bits per heavy atom. The van der Waals surface area contributed by atoms with Crippen LogP contribution in [0.3, 0.4) is 0 Å². The first kappa shape index (κ1) is 23.8. The summed E-state index contributed by atoms with van der Waals surface area (Å²) in [4.78, 5) is 17.5. The molecule has 5 nitrogen and oxygen atoms in total. The van der Waals surface area contributed by atoms with E-state index in [1.807, 2.05) is 36.4 Å². The van der Waals surface area contributed by atoms with Crippen molar-refractivity contribution in [2.45, 2.75) is 39.2 Å². The number of benzene rings is 3. The molecule has 0 radical (unpaired) electrons. The van der Waals surface area contributed by atoms with Crippen LogP contribution in [0.1, 0.15) is 48.9 Å². The molecule has 0 saturated carbocycles. The van der Waals surface area contributed by atoms with E-state index in [4.69, 9.17) is 26.1 Å². The molecule has 6 heteroatoms. The van der Waals surface area contributed by atoms with Gasteiger partial charge in [0.2, 0.25) is 6.10 Å². The molecule has 0 aliphatic rings. The van der Waals surface area contributed by atoms with Gasteiger partial charge in [0.05, 0.1) is 17.6 Å². The molecule has 4 rings (SSSR count). The SMILES string of the molecule is CCCc1nc2c(Cc3ccc(OC(C(=O)OCC)c4ccccc4Cl)cc3)cccc2n1C. The maximum absolute atomic E-state index is 12.6. The number of fused-ring (bicyclic) bond motifs is 1. The Balaban J connectivity index is 1.55. The molecule has 1 aromatic heterocycles. The highest BCUT2D eigenvalue weighted by atomic mass is 35.5. The Kier molecular flexibility index (Phi) is 7.53. The molecule has 176 valence electrons. The number of para-hydroxylation sites is 1. The standard InChI is InChI=1S/C28H29ClN2O3/c1-4-9-25-30-26-20(10-8-13-24(26)31(25)3)18-19-14-16-21(17-15-19)34-27(28(32)33-5-2)22-11-6-7-12-23(22)29/h6-8,10-17,27H,4-5,9,18H2,1-3H3. The lowest BCUT2D eigenvalue weighted by molar-refractivity contribution is -0.151. The molecule has 1 atom stereocenters. The predicted octanol–water partition coefficient (Wildman–Crippen LogP) is 6.45. The van der Waals surface area contributed by atoms with Crippen LogP contribution in [0.15, 0.2) is 66.7 Å². The van der Waals surface area contributed by atoms with E-state index in [0.717, 1.165) is 41.7 Å². The molecule has 34 heavy (non-hydrogen) atoms. The van der Waals surface area contributed by atoms with Gasteiger partial charge in [-0.25, -0.2) is 9.78 Å². The van der Waals surface area contributed by atoms with E-state index >= 15 is 0 Å². The molecule has 4 aromatic rings. The van der Waals surface area contributed by atoms with Gasteiger partial charge in [0, 0.05) is 24.1 Å². The molecule has 1 unspecified atom stereocenters. The number of rotatable bonds is 9. The monoisotopic (exact) mass is 476 g/mol. The largest absolute Gasteiger partial charge is 0.474 e. The number of imidazole rings is 1. The average Bonchev–Trinajstić information content (AvgIpc) is 3.16. The Labute approximate surface area is 205 Å². The van der Waals surface area contributed by atoms with Crippen molar-refractivity contribution in [3.05, 3.63) is 94.3 Å². The van der Waals surface area contributed by atoms with Crippen molar-refractivity contribution >= 4 is 28.6 Å². The van der Waals surface area contributed by atoms with Crippen LogP contribution < -0.4 is 4.74 Å². The zero-order valence-electron chi connectivity index (χ0n) is 19.8. The van der Waals surface area contributed by atoms with E-state index in [1.54, 1.807) is 19.1 Å². The summed E-state index contributed by atoms with van der Waals surface area (Å²) in [5.74, 6) is 1.21. The second-order valence-electron chi connectivity index (χ2n) is 8.21. The van der Waals surface area contributed by atoms with Crippen LogP contribution in [0.25, 0.3) is 11.0 Å². The number of hydrogen-bond donors (Lipinski definition) is 0. The summed E-state index contributed by atoms with van der Waals surface area (Å²) >= 11 is 6.33. The molecule has 1 heterocycles. The van der Waals surface area contributed by atoms with Crippen molar-refractivity contribution in [1.82, 2.24) is 9.55 Å². The second-order valence-corrected chi connectivity index (χ2v) is 8.62. The zero-order valence-corrected chi connectivity index (χ0v) is 20.5. The number of halogens is 1. The highest BCUT2D eigenvalue weighted by Gasteiger charge is 2.26. The lowest BCUT2D eigenvalue weighted by Crippen LogP contribution is -2.21. The number of ether oxygens (including phenoxy) is 2. The van der Waals surface area contributed by atoms with Crippen molar-refractivity contribution < 1.29 is 14.3 Å². The van der Waals surface area contributed by atoms with Gasteiger partial charge >= 0.3 is 5.97 Å². The minimum absolute atomic E-state index is 0.265. The quantitative estimate of drug-likeness (QED) is 0.260. The summed E-state index contributed by atoms with van der Waals surface area (Å²) in [5, 5.41) is 0.461. The maximum atomic E-state index is 12.6. The van der Waals surface area contributed by atoms with E-state index < -0.39 is 12.1 Å². The first-order chi connectivity index (χ1) is 16.5. The third-order valence-electron chi connectivity index (χ3n) is 5.82. The minimum Gasteiger partial charge on any atom is -0.474 e. The summed E-state index contributed by atoms with van der Waals surface area (Å²) in [6, 6.07) is 21.3. The molecule has 0 bridgehead atoms. The molecular weight excluding hydrogens is 448 g/mol. The summed E-state index contributed by atoms with van der Waals surface area (Å²) in [7, 11) is 2.08. The molecule has 0 fully saturated rings. The fourth-order valence-corrected chi connectivity index (χ4v) is 4.33. The first-order valence-electron chi connectivity index (χ1n) is 11.6. The van der Waals surface area contributed by atoms with Gasteiger partial charge in [-0.1, -0.05) is 61.0 Å². The Morgan fingerprint density at radius 2 is 1.79 bits per heavy atom. The van der Waals surface area contributed by atoms with Crippen LogP contribution in [0, 0.1) is 0 Å². The van der Waals surface area contributed by atoms with Crippen molar-refractivity contribution in [2.75, 3.05) is 6.61 Å². The smallest absolute Gasteiger partial charge is 0.352 e. The van der Waals surface area contributed by atoms with Crippen LogP contribution >= 0.6 is 11.6 Å². The molecule has 0 aliphatic carbocycles. The van der Waals surface area contributed by atoms with E-state index in [9.17, 15) is 4.79 Å². The van der Waals surface area contributed by atoms with Crippen LogP contribution in [0.5, 0.6) is 5.75 Å². The fraction of sp³-hybridized carbons (Fsp3) is 0.286. The van der Waals surface area contributed by atoms with Gasteiger partial charge in [-0.05, 0) is 55.2 Å². The highest BCUT2D eigenvalue weighted by molar-refractivity contribution is 6.31. The topological polar surface area (TPSA) is 53.4 Å². The predicted molar refractivity (Wildman–Crippen MR) is 135 cm³/mol.